The number of halogens is 2. The summed E-state index contributed by atoms with van der Waals surface area (Å²) in [5, 5.41) is 2.32. The average Bonchev–Trinajstić information content (AvgIpc) is 3.11. The van der Waals surface area contributed by atoms with E-state index in [0.717, 1.165) is 0 Å². The molecule has 0 bridgehead atoms. The Bertz CT molecular complexity index is 881. The topological polar surface area (TPSA) is 73.2 Å². The molecule has 2 aromatic rings. The molecule has 0 saturated heterocycles. The zero-order valence-electron chi connectivity index (χ0n) is 13.8. The fourth-order valence-corrected chi connectivity index (χ4v) is 2.50. The number of hydrogen-bond donors (Lipinski definition) is 1. The number of amides is 1. The van der Waals surface area contributed by atoms with Crippen molar-refractivity contribution in [3.05, 3.63) is 52.6 Å². The lowest BCUT2D eigenvalue weighted by atomic mass is 10.1. The van der Waals surface area contributed by atoms with Crippen molar-refractivity contribution in [3.63, 3.8) is 0 Å². The summed E-state index contributed by atoms with van der Waals surface area (Å²) in [5.74, 6) is -3.47. The first-order valence-electron chi connectivity index (χ1n) is 7.65. The van der Waals surface area contributed by atoms with Crippen LogP contribution in [0, 0.1) is 5.41 Å². The molecule has 0 unspecified atom stereocenters. The van der Waals surface area contributed by atoms with Gasteiger partial charge in [0.1, 0.15) is 11.1 Å². The van der Waals surface area contributed by atoms with Crippen molar-refractivity contribution in [3.8, 4) is 5.88 Å². The van der Waals surface area contributed by atoms with E-state index in [9.17, 15) is 18.4 Å². The fourth-order valence-electron chi connectivity index (χ4n) is 2.50. The van der Waals surface area contributed by atoms with Crippen LogP contribution in [0.1, 0.15) is 19.0 Å². The van der Waals surface area contributed by atoms with Crippen molar-refractivity contribution in [1.82, 2.24) is 9.55 Å². The van der Waals surface area contributed by atoms with Gasteiger partial charge in [-0.1, -0.05) is 6.07 Å². The maximum Gasteiger partial charge on any atom is 0.274 e. The van der Waals surface area contributed by atoms with E-state index in [1.165, 1.54) is 30.9 Å². The summed E-state index contributed by atoms with van der Waals surface area (Å²) in [6.07, 6.45) is 1.02. The van der Waals surface area contributed by atoms with Gasteiger partial charge >= 0.3 is 0 Å². The van der Waals surface area contributed by atoms with Crippen LogP contribution >= 0.6 is 0 Å². The summed E-state index contributed by atoms with van der Waals surface area (Å²) >= 11 is 0. The highest BCUT2D eigenvalue weighted by molar-refractivity contribution is 5.98. The van der Waals surface area contributed by atoms with Crippen LogP contribution in [-0.4, -0.2) is 28.5 Å². The summed E-state index contributed by atoms with van der Waals surface area (Å²) in [6, 6.07) is 8.10. The third-order valence-corrected chi connectivity index (χ3v) is 4.35. The van der Waals surface area contributed by atoms with Gasteiger partial charge in [-0.3, -0.25) is 9.59 Å². The second kappa shape index (κ2) is 5.94. The molecular formula is C17H17F2N3O3. The van der Waals surface area contributed by atoms with Crippen LogP contribution < -0.4 is 15.6 Å². The zero-order chi connectivity index (χ0) is 18.2. The van der Waals surface area contributed by atoms with E-state index in [4.69, 9.17) is 4.74 Å². The van der Waals surface area contributed by atoms with Gasteiger partial charge in [0.05, 0.1) is 19.3 Å². The molecule has 1 aliphatic rings. The number of carbonyl (C=O) groups is 1. The monoisotopic (exact) mass is 349 g/mol. The Morgan fingerprint density at radius 3 is 2.72 bits per heavy atom. The first-order chi connectivity index (χ1) is 11.8. The zero-order valence-corrected chi connectivity index (χ0v) is 13.8. The number of rotatable bonds is 5. The smallest absolute Gasteiger partial charge is 0.274 e. The molecule has 1 fully saturated rings. The van der Waals surface area contributed by atoms with Gasteiger partial charge in [-0.15, -0.1) is 0 Å². The Hall–Kier alpha value is -2.77. The molecule has 1 saturated carbocycles. The molecule has 0 radical (unpaired) electrons. The van der Waals surface area contributed by atoms with E-state index in [1.54, 1.807) is 24.3 Å². The first-order valence-corrected chi connectivity index (χ1v) is 7.65. The summed E-state index contributed by atoms with van der Waals surface area (Å²) < 4.78 is 33.0. The third-order valence-electron chi connectivity index (χ3n) is 4.35. The molecule has 132 valence electrons. The Kier molecular flexibility index (Phi) is 4.06. The number of anilines is 1. The molecule has 1 amide bonds. The Balaban J connectivity index is 1.81. The molecule has 0 spiro atoms. The number of methoxy groups -OCH3 is 1. The molecule has 25 heavy (non-hydrogen) atoms. The Morgan fingerprint density at radius 1 is 1.36 bits per heavy atom. The second-order valence-electron chi connectivity index (χ2n) is 6.19. The number of ether oxygens (including phenoxy) is 1. The predicted molar refractivity (Wildman–Crippen MR) is 86.9 cm³/mol. The molecule has 1 aliphatic carbocycles. The van der Waals surface area contributed by atoms with Gasteiger partial charge < -0.3 is 14.6 Å². The number of alkyl halides is 2. The molecule has 1 N–H and O–H groups in total. The van der Waals surface area contributed by atoms with E-state index in [2.05, 4.69) is 10.3 Å². The minimum atomic E-state index is -3.03. The maximum atomic E-state index is 13.3. The van der Waals surface area contributed by atoms with Crippen molar-refractivity contribution in [2.24, 2.45) is 5.41 Å². The lowest BCUT2D eigenvalue weighted by Crippen LogP contribution is -2.31. The predicted octanol–water partition coefficient (Wildman–Crippen LogP) is 2.28. The number of pyridine rings is 2. The van der Waals surface area contributed by atoms with Crippen molar-refractivity contribution in [1.29, 1.82) is 0 Å². The van der Waals surface area contributed by atoms with Gasteiger partial charge in [0, 0.05) is 18.7 Å². The van der Waals surface area contributed by atoms with Gasteiger partial charge in [0.25, 0.3) is 11.5 Å². The van der Waals surface area contributed by atoms with E-state index < -0.39 is 29.2 Å². The second-order valence-corrected chi connectivity index (χ2v) is 6.19. The molecular weight excluding hydrogens is 332 g/mol. The molecule has 6 nitrogen and oxygen atoms in total. The van der Waals surface area contributed by atoms with Crippen LogP contribution in [0.2, 0.25) is 0 Å². The molecule has 2 heterocycles. The van der Waals surface area contributed by atoms with E-state index in [0.29, 0.717) is 11.6 Å². The van der Waals surface area contributed by atoms with Crippen LogP contribution in [0.15, 0.2) is 41.3 Å². The standard InChI is InChI=1S/C17H17F2N3O3/c1-16(10-17(16,18)19)15(24)21-12-6-4-8-22(14(12)23)9-11-5-3-7-13(20-11)25-2/h3-8H,9-10H2,1-2H3,(H,21,24)/t16-/m1/s1. The van der Waals surface area contributed by atoms with Gasteiger partial charge in [-0.2, -0.15) is 0 Å². The lowest BCUT2D eigenvalue weighted by molar-refractivity contribution is -0.123. The molecule has 2 aromatic heterocycles. The van der Waals surface area contributed by atoms with Gasteiger partial charge in [0.15, 0.2) is 0 Å². The molecule has 3 rings (SSSR count). The van der Waals surface area contributed by atoms with Crippen molar-refractivity contribution < 1.29 is 18.3 Å². The summed E-state index contributed by atoms with van der Waals surface area (Å²) in [5.41, 5.74) is -1.70. The highest BCUT2D eigenvalue weighted by atomic mass is 19.3. The van der Waals surface area contributed by atoms with Crippen LogP contribution in [0.3, 0.4) is 0 Å². The Morgan fingerprint density at radius 2 is 2.08 bits per heavy atom. The molecule has 8 heteroatoms. The van der Waals surface area contributed by atoms with E-state index in [1.807, 2.05) is 0 Å². The van der Waals surface area contributed by atoms with Gasteiger partial charge in [0.2, 0.25) is 11.8 Å². The minimum Gasteiger partial charge on any atom is -0.481 e. The number of aromatic nitrogens is 2. The van der Waals surface area contributed by atoms with Gasteiger partial charge in [-0.25, -0.2) is 13.8 Å². The highest BCUT2D eigenvalue weighted by Gasteiger charge is 2.72. The first kappa shape index (κ1) is 17.1. The number of nitrogens with zero attached hydrogens (tertiary/aromatic N) is 2. The number of nitrogens with one attached hydrogen (secondary N) is 1. The van der Waals surface area contributed by atoms with Crippen LogP contribution in [0.25, 0.3) is 0 Å². The summed E-state index contributed by atoms with van der Waals surface area (Å²) in [6.45, 7) is 1.34. The Labute approximate surface area is 142 Å². The average molecular weight is 349 g/mol. The number of hydrogen-bond acceptors (Lipinski definition) is 4. The normalized spacial score (nSPS) is 20.8. The van der Waals surface area contributed by atoms with Crippen LogP contribution in [-0.2, 0) is 11.3 Å². The van der Waals surface area contributed by atoms with Crippen molar-refractivity contribution in [2.75, 3.05) is 12.4 Å². The minimum absolute atomic E-state index is 0.0423. The third kappa shape index (κ3) is 3.11. The summed E-state index contributed by atoms with van der Waals surface area (Å²) in [4.78, 5) is 28.7. The fraction of sp³-hybridized carbons (Fsp3) is 0.353. The molecule has 0 aliphatic heterocycles. The van der Waals surface area contributed by atoms with E-state index in [-0.39, 0.29) is 12.2 Å². The van der Waals surface area contributed by atoms with Gasteiger partial charge in [-0.05, 0) is 25.1 Å². The summed E-state index contributed by atoms with van der Waals surface area (Å²) in [7, 11) is 1.49. The molecule has 0 aromatic carbocycles. The van der Waals surface area contributed by atoms with Crippen molar-refractivity contribution in [2.45, 2.75) is 25.8 Å². The lowest BCUT2D eigenvalue weighted by Gasteiger charge is -2.12. The molecule has 1 atom stereocenters. The maximum absolute atomic E-state index is 13.3. The largest absolute Gasteiger partial charge is 0.481 e. The quantitative estimate of drug-likeness (QED) is 0.899. The van der Waals surface area contributed by atoms with Crippen molar-refractivity contribution >= 4 is 11.6 Å². The highest BCUT2D eigenvalue weighted by Crippen LogP contribution is 2.60. The van der Waals surface area contributed by atoms with Crippen LogP contribution in [0.5, 0.6) is 5.88 Å². The SMILES string of the molecule is COc1cccc(Cn2cccc(NC(=O)[C@@]3(C)CC3(F)F)c2=O)n1. The number of carbonyl (C=O) groups excluding carboxylic acids is 1. The van der Waals surface area contributed by atoms with E-state index >= 15 is 0 Å². The van der Waals surface area contributed by atoms with Crippen LogP contribution in [0.4, 0.5) is 14.5 Å².